The van der Waals surface area contributed by atoms with Gasteiger partial charge in [-0.05, 0) is 38.0 Å². The second-order valence-electron chi connectivity index (χ2n) is 6.66. The molecule has 1 unspecified atom stereocenters. The lowest BCUT2D eigenvalue weighted by Gasteiger charge is -2.35. The Balaban J connectivity index is 1.82. The summed E-state index contributed by atoms with van der Waals surface area (Å²) in [7, 11) is 0. The SMILES string of the molecule is CCCC1CCC(N2CCC(NC(C)C)C2=O)CC1. The molecule has 110 valence electrons. The molecule has 1 aliphatic heterocycles. The Hall–Kier alpha value is -0.570. The molecule has 19 heavy (non-hydrogen) atoms. The highest BCUT2D eigenvalue weighted by Gasteiger charge is 2.37. The lowest BCUT2D eigenvalue weighted by Crippen LogP contribution is -2.45. The molecule has 1 saturated carbocycles. The van der Waals surface area contributed by atoms with Crippen LogP contribution in [-0.4, -0.2) is 35.5 Å². The van der Waals surface area contributed by atoms with Gasteiger partial charge in [-0.15, -0.1) is 0 Å². The van der Waals surface area contributed by atoms with E-state index in [0.29, 0.717) is 18.0 Å². The van der Waals surface area contributed by atoms with Gasteiger partial charge in [0.05, 0.1) is 6.04 Å². The van der Waals surface area contributed by atoms with Crippen LogP contribution in [-0.2, 0) is 4.79 Å². The Morgan fingerprint density at radius 1 is 1.21 bits per heavy atom. The number of carbonyl (C=O) groups excluding carboxylic acids is 1. The van der Waals surface area contributed by atoms with Crippen molar-refractivity contribution in [1.29, 1.82) is 0 Å². The fourth-order valence-corrected chi connectivity index (χ4v) is 3.77. The largest absolute Gasteiger partial charge is 0.338 e. The molecular formula is C16H30N2O. The Morgan fingerprint density at radius 2 is 1.89 bits per heavy atom. The number of hydrogen-bond donors (Lipinski definition) is 1. The summed E-state index contributed by atoms with van der Waals surface area (Å²) in [5.41, 5.74) is 0. The average molecular weight is 266 g/mol. The van der Waals surface area contributed by atoms with Gasteiger partial charge in [-0.1, -0.05) is 33.6 Å². The maximum absolute atomic E-state index is 12.4. The van der Waals surface area contributed by atoms with Crippen LogP contribution in [0, 0.1) is 5.92 Å². The predicted molar refractivity (Wildman–Crippen MR) is 79.0 cm³/mol. The number of hydrogen-bond acceptors (Lipinski definition) is 2. The third-order valence-electron chi connectivity index (χ3n) is 4.73. The van der Waals surface area contributed by atoms with Gasteiger partial charge in [0, 0.05) is 18.6 Å². The third-order valence-corrected chi connectivity index (χ3v) is 4.73. The highest BCUT2D eigenvalue weighted by molar-refractivity contribution is 5.84. The average Bonchev–Trinajstić information content (AvgIpc) is 2.72. The first-order valence-electron chi connectivity index (χ1n) is 8.18. The normalized spacial score (nSPS) is 32.3. The standard InChI is InChI=1S/C16H30N2O/c1-4-5-13-6-8-14(9-7-13)18-11-10-15(16(18)19)17-12(2)3/h12-15,17H,4-11H2,1-3H3. The van der Waals surface area contributed by atoms with Gasteiger partial charge in [-0.25, -0.2) is 0 Å². The van der Waals surface area contributed by atoms with Gasteiger partial charge in [0.15, 0.2) is 0 Å². The fraction of sp³-hybridized carbons (Fsp3) is 0.938. The molecule has 3 heteroatoms. The minimum Gasteiger partial charge on any atom is -0.338 e. The molecule has 0 spiro atoms. The van der Waals surface area contributed by atoms with Crippen molar-refractivity contribution in [2.24, 2.45) is 5.92 Å². The third kappa shape index (κ3) is 3.71. The fourth-order valence-electron chi connectivity index (χ4n) is 3.77. The summed E-state index contributed by atoms with van der Waals surface area (Å²) in [6.07, 6.45) is 8.77. The monoisotopic (exact) mass is 266 g/mol. The summed E-state index contributed by atoms with van der Waals surface area (Å²) in [4.78, 5) is 14.6. The smallest absolute Gasteiger partial charge is 0.240 e. The molecule has 1 heterocycles. The molecule has 1 saturated heterocycles. The van der Waals surface area contributed by atoms with Crippen LogP contribution < -0.4 is 5.32 Å². The van der Waals surface area contributed by atoms with Crippen molar-refractivity contribution in [2.45, 2.75) is 83.8 Å². The summed E-state index contributed by atoms with van der Waals surface area (Å²) >= 11 is 0. The van der Waals surface area contributed by atoms with Crippen LogP contribution in [0.5, 0.6) is 0 Å². The van der Waals surface area contributed by atoms with Crippen LogP contribution in [0.2, 0.25) is 0 Å². The van der Waals surface area contributed by atoms with E-state index < -0.39 is 0 Å². The summed E-state index contributed by atoms with van der Waals surface area (Å²) < 4.78 is 0. The van der Waals surface area contributed by atoms with Gasteiger partial charge in [0.25, 0.3) is 0 Å². The Morgan fingerprint density at radius 3 is 2.47 bits per heavy atom. The Labute approximate surface area is 118 Å². The summed E-state index contributed by atoms with van der Waals surface area (Å²) in [5.74, 6) is 1.27. The van der Waals surface area contributed by atoms with Gasteiger partial charge in [0.1, 0.15) is 0 Å². The van der Waals surface area contributed by atoms with Crippen LogP contribution in [0.25, 0.3) is 0 Å². The molecule has 2 rings (SSSR count). The van der Waals surface area contributed by atoms with E-state index in [1.165, 1.54) is 38.5 Å². The van der Waals surface area contributed by atoms with Crippen molar-refractivity contribution in [2.75, 3.05) is 6.54 Å². The van der Waals surface area contributed by atoms with E-state index in [0.717, 1.165) is 18.9 Å². The van der Waals surface area contributed by atoms with Crippen molar-refractivity contribution >= 4 is 5.91 Å². The number of carbonyl (C=O) groups is 1. The molecule has 0 aromatic rings. The van der Waals surface area contributed by atoms with E-state index in [2.05, 4.69) is 31.0 Å². The second-order valence-corrected chi connectivity index (χ2v) is 6.66. The molecule has 0 bridgehead atoms. The molecule has 0 radical (unpaired) electrons. The minimum absolute atomic E-state index is 0.0772. The lowest BCUT2D eigenvalue weighted by atomic mass is 9.83. The van der Waals surface area contributed by atoms with Crippen molar-refractivity contribution in [3.8, 4) is 0 Å². The topological polar surface area (TPSA) is 32.3 Å². The molecular weight excluding hydrogens is 236 g/mol. The molecule has 1 N–H and O–H groups in total. The Bertz CT molecular complexity index is 295. The molecule has 1 aliphatic carbocycles. The van der Waals surface area contributed by atoms with Gasteiger partial charge in [-0.2, -0.15) is 0 Å². The summed E-state index contributed by atoms with van der Waals surface area (Å²) in [5, 5.41) is 3.40. The summed E-state index contributed by atoms with van der Waals surface area (Å²) in [6, 6.07) is 1.00. The van der Waals surface area contributed by atoms with Gasteiger partial charge < -0.3 is 10.2 Å². The highest BCUT2D eigenvalue weighted by atomic mass is 16.2. The molecule has 2 aliphatic rings. The van der Waals surface area contributed by atoms with Crippen LogP contribution >= 0.6 is 0 Å². The number of amides is 1. The zero-order valence-corrected chi connectivity index (χ0v) is 12.8. The maximum atomic E-state index is 12.4. The van der Waals surface area contributed by atoms with Gasteiger partial charge in [0.2, 0.25) is 5.91 Å². The van der Waals surface area contributed by atoms with E-state index in [9.17, 15) is 4.79 Å². The lowest BCUT2D eigenvalue weighted by molar-refractivity contribution is -0.132. The molecule has 0 aromatic carbocycles. The van der Waals surface area contributed by atoms with Crippen molar-refractivity contribution < 1.29 is 4.79 Å². The zero-order chi connectivity index (χ0) is 13.8. The van der Waals surface area contributed by atoms with Crippen LogP contribution in [0.3, 0.4) is 0 Å². The molecule has 3 nitrogen and oxygen atoms in total. The van der Waals surface area contributed by atoms with Gasteiger partial charge in [-0.3, -0.25) is 4.79 Å². The molecule has 2 fully saturated rings. The predicted octanol–water partition coefficient (Wildman–Crippen LogP) is 2.94. The first kappa shape index (κ1) is 14.8. The number of rotatable bonds is 5. The van der Waals surface area contributed by atoms with E-state index in [1.54, 1.807) is 0 Å². The van der Waals surface area contributed by atoms with E-state index in [-0.39, 0.29) is 6.04 Å². The molecule has 1 amide bonds. The van der Waals surface area contributed by atoms with Crippen molar-refractivity contribution in [1.82, 2.24) is 10.2 Å². The van der Waals surface area contributed by atoms with Crippen molar-refractivity contribution in [3.05, 3.63) is 0 Å². The Kier molecular flexibility index (Phi) is 5.26. The van der Waals surface area contributed by atoms with Gasteiger partial charge >= 0.3 is 0 Å². The first-order chi connectivity index (χ1) is 9.11. The number of nitrogens with one attached hydrogen (secondary N) is 1. The zero-order valence-electron chi connectivity index (χ0n) is 12.8. The highest BCUT2D eigenvalue weighted by Crippen LogP contribution is 2.32. The maximum Gasteiger partial charge on any atom is 0.240 e. The first-order valence-corrected chi connectivity index (χ1v) is 8.18. The molecule has 1 atom stereocenters. The van der Waals surface area contributed by atoms with Crippen molar-refractivity contribution in [3.63, 3.8) is 0 Å². The second kappa shape index (κ2) is 6.74. The van der Waals surface area contributed by atoms with E-state index in [1.807, 2.05) is 0 Å². The van der Waals surface area contributed by atoms with E-state index in [4.69, 9.17) is 0 Å². The number of likely N-dealkylation sites (tertiary alicyclic amines) is 1. The molecule has 0 aromatic heterocycles. The minimum atomic E-state index is 0.0772. The quantitative estimate of drug-likeness (QED) is 0.830. The van der Waals surface area contributed by atoms with Crippen LogP contribution in [0.4, 0.5) is 0 Å². The number of nitrogens with zero attached hydrogens (tertiary/aromatic N) is 1. The van der Waals surface area contributed by atoms with Crippen LogP contribution in [0.15, 0.2) is 0 Å². The van der Waals surface area contributed by atoms with E-state index >= 15 is 0 Å². The van der Waals surface area contributed by atoms with Crippen LogP contribution in [0.1, 0.15) is 65.7 Å². The summed E-state index contributed by atoms with van der Waals surface area (Å²) in [6.45, 7) is 7.47.